The van der Waals surface area contributed by atoms with Crippen LogP contribution in [0.5, 0.6) is 5.75 Å². The molecule has 0 spiro atoms. The van der Waals surface area contributed by atoms with Gasteiger partial charge in [-0.15, -0.1) is 0 Å². The number of nitrogens with zero attached hydrogens (tertiary/aromatic N) is 2. The molecule has 0 aliphatic carbocycles. The summed E-state index contributed by atoms with van der Waals surface area (Å²) in [7, 11) is 0. The van der Waals surface area contributed by atoms with E-state index < -0.39 is 5.91 Å². The first-order valence-corrected chi connectivity index (χ1v) is 10.2. The van der Waals surface area contributed by atoms with Crippen molar-refractivity contribution in [2.45, 2.75) is 40.7 Å². The topological polar surface area (TPSA) is 67.0 Å². The number of carbonyl (C=O) groups is 1. The molecule has 3 aromatic rings. The fourth-order valence-corrected chi connectivity index (χ4v) is 3.45. The van der Waals surface area contributed by atoms with Crippen LogP contribution in [0, 0.1) is 32.1 Å². The summed E-state index contributed by atoms with van der Waals surface area (Å²) in [6.45, 7) is 9.92. The minimum atomic E-state index is -0.454. The van der Waals surface area contributed by atoms with Gasteiger partial charge in [-0.25, -0.2) is 0 Å². The second kappa shape index (κ2) is 9.36. The zero-order valence-electron chi connectivity index (χ0n) is 18.6. The second-order valence-electron chi connectivity index (χ2n) is 7.82. The third kappa shape index (κ3) is 5.23. The molecule has 5 nitrogen and oxygen atoms in total. The van der Waals surface area contributed by atoms with E-state index in [4.69, 9.17) is 4.74 Å². The van der Waals surface area contributed by atoms with Crippen molar-refractivity contribution in [3.8, 4) is 17.5 Å². The zero-order chi connectivity index (χ0) is 22.5. The quantitative estimate of drug-likeness (QED) is 0.414. The SMILES string of the molecule is Cc1ccc(-n2c(C)cc(/C=C(\C#N)C(=O)Nc3cccc(OC(C)C)c3)c2C)cc1. The fourth-order valence-electron chi connectivity index (χ4n) is 3.45. The van der Waals surface area contributed by atoms with Gasteiger partial charge in [0.25, 0.3) is 5.91 Å². The van der Waals surface area contributed by atoms with E-state index in [2.05, 4.69) is 41.1 Å². The van der Waals surface area contributed by atoms with Gasteiger partial charge in [-0.3, -0.25) is 4.79 Å². The maximum absolute atomic E-state index is 12.7. The van der Waals surface area contributed by atoms with E-state index in [0.29, 0.717) is 11.4 Å². The predicted octanol–water partition coefficient (Wildman–Crippen LogP) is 5.74. The van der Waals surface area contributed by atoms with Crippen LogP contribution in [0.3, 0.4) is 0 Å². The maximum Gasteiger partial charge on any atom is 0.266 e. The Morgan fingerprint density at radius 2 is 1.81 bits per heavy atom. The van der Waals surface area contributed by atoms with Crippen LogP contribution in [0.15, 0.2) is 60.2 Å². The lowest BCUT2D eigenvalue weighted by molar-refractivity contribution is -0.112. The van der Waals surface area contributed by atoms with Crippen molar-refractivity contribution in [3.63, 3.8) is 0 Å². The van der Waals surface area contributed by atoms with Crippen LogP contribution in [-0.2, 0) is 4.79 Å². The average Bonchev–Trinajstić information content (AvgIpc) is 2.99. The Balaban J connectivity index is 1.87. The molecule has 0 atom stereocenters. The molecule has 2 aromatic carbocycles. The van der Waals surface area contributed by atoms with Crippen LogP contribution in [0.2, 0.25) is 0 Å². The van der Waals surface area contributed by atoms with Gasteiger partial charge in [-0.2, -0.15) is 5.26 Å². The Labute approximate surface area is 183 Å². The van der Waals surface area contributed by atoms with E-state index in [1.54, 1.807) is 24.3 Å². The molecule has 0 saturated heterocycles. The van der Waals surface area contributed by atoms with E-state index in [1.807, 2.05) is 45.9 Å². The number of aromatic nitrogens is 1. The van der Waals surface area contributed by atoms with E-state index in [-0.39, 0.29) is 11.7 Å². The number of nitriles is 1. The van der Waals surface area contributed by atoms with E-state index in [9.17, 15) is 10.1 Å². The molecule has 1 amide bonds. The van der Waals surface area contributed by atoms with Crippen LogP contribution in [-0.4, -0.2) is 16.6 Å². The van der Waals surface area contributed by atoms with Crippen LogP contribution in [0.4, 0.5) is 5.69 Å². The van der Waals surface area contributed by atoms with Gasteiger partial charge in [0, 0.05) is 28.8 Å². The monoisotopic (exact) mass is 413 g/mol. The number of benzene rings is 2. The highest BCUT2D eigenvalue weighted by molar-refractivity contribution is 6.09. The van der Waals surface area contributed by atoms with Gasteiger partial charge in [-0.05, 0) is 76.6 Å². The van der Waals surface area contributed by atoms with Gasteiger partial charge >= 0.3 is 0 Å². The lowest BCUT2D eigenvalue weighted by Crippen LogP contribution is -2.14. The molecule has 3 rings (SSSR count). The van der Waals surface area contributed by atoms with Gasteiger partial charge in [0.05, 0.1) is 6.10 Å². The minimum absolute atomic E-state index is 0.0318. The van der Waals surface area contributed by atoms with Crippen molar-refractivity contribution in [1.29, 1.82) is 5.26 Å². The summed E-state index contributed by atoms with van der Waals surface area (Å²) in [5.41, 5.74) is 5.69. The minimum Gasteiger partial charge on any atom is -0.491 e. The van der Waals surface area contributed by atoms with Gasteiger partial charge in [0.15, 0.2) is 0 Å². The third-order valence-corrected chi connectivity index (χ3v) is 4.89. The van der Waals surface area contributed by atoms with Gasteiger partial charge in [0.2, 0.25) is 0 Å². The number of ether oxygens (including phenoxy) is 1. The Morgan fingerprint density at radius 1 is 1.10 bits per heavy atom. The molecule has 5 heteroatoms. The maximum atomic E-state index is 12.7. The Kier molecular flexibility index (Phi) is 6.61. The van der Waals surface area contributed by atoms with Gasteiger partial charge in [0.1, 0.15) is 17.4 Å². The number of hydrogen-bond acceptors (Lipinski definition) is 3. The molecule has 0 unspecified atom stereocenters. The van der Waals surface area contributed by atoms with E-state index >= 15 is 0 Å². The lowest BCUT2D eigenvalue weighted by atomic mass is 10.1. The standard InChI is InChI=1S/C26H27N3O2/c1-17(2)31-25-8-6-7-23(15-25)28-26(30)22(16-27)14-21-13-19(4)29(20(21)5)24-11-9-18(3)10-12-24/h6-15,17H,1-5H3,(H,28,30)/b22-14+. The number of aryl methyl sites for hydroxylation is 2. The van der Waals surface area contributed by atoms with Crippen molar-refractivity contribution in [3.05, 3.63) is 82.7 Å². The molecule has 0 aliphatic rings. The number of nitrogens with one attached hydrogen (secondary N) is 1. The van der Waals surface area contributed by atoms with Crippen LogP contribution < -0.4 is 10.1 Å². The molecule has 0 radical (unpaired) electrons. The van der Waals surface area contributed by atoms with Crippen LogP contribution >= 0.6 is 0 Å². The molecule has 1 N–H and O–H groups in total. The summed E-state index contributed by atoms with van der Waals surface area (Å²) in [6, 6.07) is 19.4. The van der Waals surface area contributed by atoms with Crippen LogP contribution in [0.1, 0.15) is 36.4 Å². The highest BCUT2D eigenvalue weighted by atomic mass is 16.5. The lowest BCUT2D eigenvalue weighted by Gasteiger charge is -2.11. The van der Waals surface area contributed by atoms with Crippen LogP contribution in [0.25, 0.3) is 11.8 Å². The van der Waals surface area contributed by atoms with Crippen molar-refractivity contribution in [2.24, 2.45) is 0 Å². The van der Waals surface area contributed by atoms with E-state index in [1.165, 1.54) is 5.56 Å². The molecule has 31 heavy (non-hydrogen) atoms. The normalized spacial score (nSPS) is 11.3. The summed E-state index contributed by atoms with van der Waals surface area (Å²) < 4.78 is 7.78. The smallest absolute Gasteiger partial charge is 0.266 e. The first-order chi connectivity index (χ1) is 14.8. The Bertz CT molecular complexity index is 1160. The first kappa shape index (κ1) is 21.9. The summed E-state index contributed by atoms with van der Waals surface area (Å²) in [6.07, 6.45) is 1.67. The number of hydrogen-bond donors (Lipinski definition) is 1. The molecule has 0 fully saturated rings. The highest BCUT2D eigenvalue weighted by Gasteiger charge is 2.14. The fraction of sp³-hybridized carbons (Fsp3) is 0.231. The Hall–Kier alpha value is -3.78. The molecule has 0 saturated carbocycles. The Morgan fingerprint density at radius 3 is 2.45 bits per heavy atom. The molecule has 1 heterocycles. The molecule has 1 aromatic heterocycles. The molecular formula is C26H27N3O2. The van der Waals surface area contributed by atoms with Crippen molar-refractivity contribution >= 4 is 17.7 Å². The summed E-state index contributed by atoms with van der Waals surface area (Å²) in [4.78, 5) is 12.7. The number of amides is 1. The number of rotatable bonds is 6. The zero-order valence-corrected chi connectivity index (χ0v) is 18.6. The summed E-state index contributed by atoms with van der Waals surface area (Å²) in [5, 5.41) is 12.4. The largest absolute Gasteiger partial charge is 0.491 e. The molecular weight excluding hydrogens is 386 g/mol. The molecule has 0 aliphatic heterocycles. The van der Waals surface area contributed by atoms with Gasteiger partial charge < -0.3 is 14.6 Å². The molecule has 158 valence electrons. The average molecular weight is 414 g/mol. The third-order valence-electron chi connectivity index (χ3n) is 4.89. The summed E-state index contributed by atoms with van der Waals surface area (Å²) >= 11 is 0. The molecule has 0 bridgehead atoms. The van der Waals surface area contributed by atoms with Crippen molar-refractivity contribution < 1.29 is 9.53 Å². The first-order valence-electron chi connectivity index (χ1n) is 10.2. The number of anilines is 1. The second-order valence-corrected chi connectivity index (χ2v) is 7.82. The van der Waals surface area contributed by atoms with Gasteiger partial charge in [-0.1, -0.05) is 23.8 Å². The van der Waals surface area contributed by atoms with Crippen molar-refractivity contribution in [1.82, 2.24) is 4.57 Å². The van der Waals surface area contributed by atoms with E-state index in [0.717, 1.165) is 22.6 Å². The van der Waals surface area contributed by atoms with Crippen molar-refractivity contribution in [2.75, 3.05) is 5.32 Å². The highest BCUT2D eigenvalue weighted by Crippen LogP contribution is 2.24. The summed E-state index contributed by atoms with van der Waals surface area (Å²) in [5.74, 6) is 0.210. The number of carbonyl (C=O) groups excluding carboxylic acids is 1. The predicted molar refractivity (Wildman–Crippen MR) is 124 cm³/mol.